The summed E-state index contributed by atoms with van der Waals surface area (Å²) in [5, 5.41) is 3.60. The number of nitrogens with one attached hydrogen (secondary N) is 1. The van der Waals surface area contributed by atoms with Crippen LogP contribution < -0.4 is 10.1 Å². The molecule has 0 fully saturated rings. The van der Waals surface area contributed by atoms with Crippen LogP contribution in [0.4, 0.5) is 0 Å². The van der Waals surface area contributed by atoms with Gasteiger partial charge in [-0.05, 0) is 37.6 Å². The second kappa shape index (κ2) is 10.7. The normalized spacial score (nSPS) is 12.3. The zero-order valence-electron chi connectivity index (χ0n) is 13.5. The summed E-state index contributed by atoms with van der Waals surface area (Å²) >= 11 is 0. The van der Waals surface area contributed by atoms with Gasteiger partial charge in [0.15, 0.2) is 0 Å². The molecule has 2 nitrogen and oxygen atoms in total. The van der Waals surface area contributed by atoms with Crippen LogP contribution >= 0.6 is 0 Å². The molecule has 114 valence electrons. The van der Waals surface area contributed by atoms with Gasteiger partial charge in [-0.15, -0.1) is 0 Å². The summed E-state index contributed by atoms with van der Waals surface area (Å²) in [6.07, 6.45) is 9.55. The summed E-state index contributed by atoms with van der Waals surface area (Å²) in [5.41, 5.74) is 1.30. The lowest BCUT2D eigenvalue weighted by atomic mass is 10.1. The summed E-state index contributed by atoms with van der Waals surface area (Å²) in [6.45, 7) is 5.59. The molecule has 0 aliphatic rings. The maximum atomic E-state index is 5.27. The van der Waals surface area contributed by atoms with E-state index < -0.39 is 0 Å². The molecule has 0 aliphatic heterocycles. The smallest absolute Gasteiger partial charge is 0.119 e. The first-order valence-corrected chi connectivity index (χ1v) is 8.15. The zero-order chi connectivity index (χ0) is 14.6. The number of unbranched alkanes of at least 4 members (excludes halogenated alkanes) is 6. The van der Waals surface area contributed by atoms with Gasteiger partial charge in [-0.1, -0.05) is 57.6 Å². The summed E-state index contributed by atoms with van der Waals surface area (Å²) in [6, 6.07) is 8.71. The highest BCUT2D eigenvalue weighted by Gasteiger charge is 2.05. The molecule has 0 amide bonds. The second-order valence-electron chi connectivity index (χ2n) is 5.57. The number of rotatable bonds is 11. The maximum absolute atomic E-state index is 5.27. The van der Waals surface area contributed by atoms with Crippen LogP contribution in [0.15, 0.2) is 24.3 Å². The van der Waals surface area contributed by atoms with Crippen LogP contribution in [0.2, 0.25) is 0 Å². The van der Waals surface area contributed by atoms with E-state index in [2.05, 4.69) is 37.4 Å². The van der Waals surface area contributed by atoms with Crippen molar-refractivity contribution >= 4 is 0 Å². The summed E-state index contributed by atoms with van der Waals surface area (Å²) in [7, 11) is 1.72. The first kappa shape index (κ1) is 17.0. The van der Waals surface area contributed by atoms with E-state index in [1.54, 1.807) is 7.11 Å². The Balaban J connectivity index is 2.12. The van der Waals surface area contributed by atoms with Crippen LogP contribution in [0.1, 0.15) is 70.4 Å². The third-order valence-corrected chi connectivity index (χ3v) is 3.82. The Morgan fingerprint density at radius 2 is 1.75 bits per heavy atom. The van der Waals surface area contributed by atoms with E-state index >= 15 is 0 Å². The topological polar surface area (TPSA) is 21.3 Å². The molecule has 2 heteroatoms. The van der Waals surface area contributed by atoms with Gasteiger partial charge in [-0.3, -0.25) is 0 Å². The minimum Gasteiger partial charge on any atom is -0.497 e. The first-order valence-electron chi connectivity index (χ1n) is 8.15. The number of benzene rings is 1. The van der Waals surface area contributed by atoms with Crippen molar-refractivity contribution < 1.29 is 4.74 Å². The van der Waals surface area contributed by atoms with Crippen LogP contribution in [0.3, 0.4) is 0 Å². The minimum absolute atomic E-state index is 0.394. The van der Waals surface area contributed by atoms with Gasteiger partial charge < -0.3 is 10.1 Å². The second-order valence-corrected chi connectivity index (χ2v) is 5.57. The molecule has 0 spiro atoms. The monoisotopic (exact) mass is 277 g/mol. The fourth-order valence-electron chi connectivity index (χ4n) is 2.43. The van der Waals surface area contributed by atoms with Gasteiger partial charge in [0.1, 0.15) is 5.75 Å². The van der Waals surface area contributed by atoms with Gasteiger partial charge in [0.25, 0.3) is 0 Å². The fourth-order valence-corrected chi connectivity index (χ4v) is 2.43. The SMILES string of the molecule is CCCCCCCCCN[C@@H](C)c1cccc(OC)c1. The van der Waals surface area contributed by atoms with E-state index in [0.717, 1.165) is 12.3 Å². The van der Waals surface area contributed by atoms with Gasteiger partial charge in [0, 0.05) is 6.04 Å². The van der Waals surface area contributed by atoms with Gasteiger partial charge in [-0.25, -0.2) is 0 Å². The van der Waals surface area contributed by atoms with Crippen molar-refractivity contribution in [3.05, 3.63) is 29.8 Å². The maximum Gasteiger partial charge on any atom is 0.119 e. The lowest BCUT2D eigenvalue weighted by Crippen LogP contribution is -2.19. The van der Waals surface area contributed by atoms with Crippen molar-refractivity contribution in [3.8, 4) is 5.75 Å². The Morgan fingerprint density at radius 3 is 2.45 bits per heavy atom. The Bertz CT molecular complexity index is 351. The highest BCUT2D eigenvalue weighted by atomic mass is 16.5. The predicted octanol–water partition coefficient (Wildman–Crippen LogP) is 5.10. The largest absolute Gasteiger partial charge is 0.497 e. The number of hydrogen-bond donors (Lipinski definition) is 1. The third-order valence-electron chi connectivity index (χ3n) is 3.82. The van der Waals surface area contributed by atoms with E-state index in [0.29, 0.717) is 6.04 Å². The average molecular weight is 277 g/mol. The molecule has 0 heterocycles. The Hall–Kier alpha value is -1.02. The van der Waals surface area contributed by atoms with Crippen molar-refractivity contribution in [2.75, 3.05) is 13.7 Å². The van der Waals surface area contributed by atoms with Gasteiger partial charge in [-0.2, -0.15) is 0 Å². The predicted molar refractivity (Wildman–Crippen MR) is 87.4 cm³/mol. The lowest BCUT2D eigenvalue weighted by molar-refractivity contribution is 0.413. The van der Waals surface area contributed by atoms with E-state index in [9.17, 15) is 0 Å². The molecular weight excluding hydrogens is 246 g/mol. The third kappa shape index (κ3) is 6.95. The van der Waals surface area contributed by atoms with Crippen LogP contribution in [0, 0.1) is 0 Å². The first-order chi connectivity index (χ1) is 9.77. The minimum atomic E-state index is 0.394. The highest BCUT2D eigenvalue weighted by molar-refractivity contribution is 5.30. The molecule has 0 aliphatic carbocycles. The Kier molecular flexibility index (Phi) is 9.14. The van der Waals surface area contributed by atoms with Gasteiger partial charge >= 0.3 is 0 Å². The van der Waals surface area contributed by atoms with E-state index in [1.807, 2.05) is 6.07 Å². The molecule has 1 aromatic rings. The highest BCUT2D eigenvalue weighted by Crippen LogP contribution is 2.18. The summed E-state index contributed by atoms with van der Waals surface area (Å²) < 4.78 is 5.27. The van der Waals surface area contributed by atoms with Crippen molar-refractivity contribution in [1.29, 1.82) is 0 Å². The molecule has 0 aromatic heterocycles. The molecule has 0 radical (unpaired) electrons. The number of ether oxygens (including phenoxy) is 1. The van der Waals surface area contributed by atoms with Crippen molar-refractivity contribution in [1.82, 2.24) is 5.32 Å². The lowest BCUT2D eigenvalue weighted by Gasteiger charge is -2.15. The molecule has 1 atom stereocenters. The quantitative estimate of drug-likeness (QED) is 0.568. The van der Waals surface area contributed by atoms with E-state index in [1.165, 1.54) is 50.5 Å². The molecule has 0 saturated heterocycles. The molecule has 1 aromatic carbocycles. The molecule has 0 unspecified atom stereocenters. The van der Waals surface area contributed by atoms with Gasteiger partial charge in [0.05, 0.1) is 7.11 Å². The van der Waals surface area contributed by atoms with Crippen molar-refractivity contribution in [2.24, 2.45) is 0 Å². The van der Waals surface area contributed by atoms with Crippen LogP contribution in [0.25, 0.3) is 0 Å². The number of methoxy groups -OCH3 is 1. The van der Waals surface area contributed by atoms with E-state index in [4.69, 9.17) is 4.74 Å². The number of hydrogen-bond acceptors (Lipinski definition) is 2. The molecule has 1 N–H and O–H groups in total. The Morgan fingerprint density at radius 1 is 1.05 bits per heavy atom. The van der Waals surface area contributed by atoms with Crippen LogP contribution in [-0.4, -0.2) is 13.7 Å². The van der Waals surface area contributed by atoms with Crippen molar-refractivity contribution in [2.45, 2.75) is 64.8 Å². The van der Waals surface area contributed by atoms with Gasteiger partial charge in [0.2, 0.25) is 0 Å². The van der Waals surface area contributed by atoms with Crippen LogP contribution in [-0.2, 0) is 0 Å². The summed E-state index contributed by atoms with van der Waals surface area (Å²) in [4.78, 5) is 0. The zero-order valence-corrected chi connectivity index (χ0v) is 13.5. The standard InChI is InChI=1S/C18H31NO/c1-4-5-6-7-8-9-10-14-19-16(2)17-12-11-13-18(15-17)20-3/h11-13,15-16,19H,4-10,14H2,1-3H3/t16-/m0/s1. The van der Waals surface area contributed by atoms with E-state index in [-0.39, 0.29) is 0 Å². The summed E-state index contributed by atoms with van der Waals surface area (Å²) in [5.74, 6) is 0.937. The molecule has 0 saturated carbocycles. The van der Waals surface area contributed by atoms with Crippen LogP contribution in [0.5, 0.6) is 5.75 Å². The molecule has 1 rings (SSSR count). The fraction of sp³-hybridized carbons (Fsp3) is 0.667. The average Bonchev–Trinajstić information content (AvgIpc) is 2.49. The molecule has 0 bridgehead atoms. The Labute approximate surface area is 124 Å². The molecule has 20 heavy (non-hydrogen) atoms. The molecular formula is C18H31NO. The van der Waals surface area contributed by atoms with Crippen molar-refractivity contribution in [3.63, 3.8) is 0 Å².